The fraction of sp³-hybridized carbons (Fsp3) is 0.500. The number of aromatic nitrogens is 3. The van der Waals surface area contributed by atoms with Gasteiger partial charge in [0.2, 0.25) is 5.91 Å². The summed E-state index contributed by atoms with van der Waals surface area (Å²) in [6.07, 6.45) is 6.54. The number of hydrogen-bond acceptors (Lipinski definition) is 4. The van der Waals surface area contributed by atoms with E-state index in [4.69, 9.17) is 0 Å². The molecule has 0 spiro atoms. The number of hydrogen-bond donors (Lipinski definition) is 1. The molecule has 1 N–H and O–H groups in total. The normalized spacial score (nSPS) is 14.5. The zero-order chi connectivity index (χ0) is 14.1. The Morgan fingerprint density at radius 2 is 2.30 bits per heavy atom. The first-order valence-corrected chi connectivity index (χ1v) is 7.65. The zero-order valence-corrected chi connectivity index (χ0v) is 12.5. The van der Waals surface area contributed by atoms with Gasteiger partial charge in [0.25, 0.3) is 0 Å². The highest BCUT2D eigenvalue weighted by Gasteiger charge is 2.25. The lowest BCUT2D eigenvalue weighted by molar-refractivity contribution is -0.120. The molecule has 1 fully saturated rings. The number of aryl methyl sites for hydroxylation is 2. The molecule has 0 bridgehead atoms. The van der Waals surface area contributed by atoms with Crippen molar-refractivity contribution in [1.82, 2.24) is 19.9 Å². The third kappa shape index (κ3) is 2.90. The van der Waals surface area contributed by atoms with Gasteiger partial charge in [0, 0.05) is 17.1 Å². The van der Waals surface area contributed by atoms with E-state index in [0.717, 1.165) is 21.3 Å². The molecule has 5 nitrogen and oxygen atoms in total. The Hall–Kier alpha value is -1.69. The molecule has 0 unspecified atom stereocenters. The Morgan fingerprint density at radius 1 is 1.50 bits per heavy atom. The predicted molar refractivity (Wildman–Crippen MR) is 77.6 cm³/mol. The second-order valence-corrected chi connectivity index (χ2v) is 6.51. The van der Waals surface area contributed by atoms with E-state index in [9.17, 15) is 4.79 Å². The van der Waals surface area contributed by atoms with Crippen LogP contribution in [0.5, 0.6) is 0 Å². The Bertz CT molecular complexity index is 627. The first-order valence-electron chi connectivity index (χ1n) is 6.84. The van der Waals surface area contributed by atoms with Crippen LogP contribution < -0.4 is 5.32 Å². The molecule has 106 valence electrons. The number of rotatable bonds is 5. The molecule has 6 heteroatoms. The van der Waals surface area contributed by atoms with Gasteiger partial charge in [-0.1, -0.05) is 0 Å². The Morgan fingerprint density at radius 3 is 2.95 bits per heavy atom. The van der Waals surface area contributed by atoms with Crippen LogP contribution in [0.1, 0.15) is 40.2 Å². The summed E-state index contributed by atoms with van der Waals surface area (Å²) in [6, 6.07) is 0.593. The average molecular weight is 290 g/mol. The number of carbonyl (C=O) groups excluding carboxylic acids is 1. The van der Waals surface area contributed by atoms with Crippen LogP contribution >= 0.6 is 11.3 Å². The third-order valence-electron chi connectivity index (χ3n) is 3.47. The van der Waals surface area contributed by atoms with Crippen LogP contribution in [0.3, 0.4) is 0 Å². The van der Waals surface area contributed by atoms with E-state index in [0.29, 0.717) is 19.0 Å². The summed E-state index contributed by atoms with van der Waals surface area (Å²) in [5.41, 5.74) is 2.05. The summed E-state index contributed by atoms with van der Waals surface area (Å²) in [4.78, 5) is 21.6. The first kappa shape index (κ1) is 13.3. The minimum atomic E-state index is 0.0419. The molecular weight excluding hydrogens is 272 g/mol. The second-order valence-electron chi connectivity index (χ2n) is 5.22. The van der Waals surface area contributed by atoms with Crippen molar-refractivity contribution in [2.24, 2.45) is 0 Å². The highest BCUT2D eigenvalue weighted by Crippen LogP contribution is 2.35. The summed E-state index contributed by atoms with van der Waals surface area (Å²) >= 11 is 1.59. The lowest BCUT2D eigenvalue weighted by Gasteiger charge is -2.08. The van der Waals surface area contributed by atoms with E-state index >= 15 is 0 Å². The van der Waals surface area contributed by atoms with Crippen molar-refractivity contribution < 1.29 is 4.79 Å². The van der Waals surface area contributed by atoms with Crippen LogP contribution in [0, 0.1) is 13.8 Å². The van der Waals surface area contributed by atoms with Crippen molar-refractivity contribution in [2.75, 3.05) is 0 Å². The lowest BCUT2D eigenvalue weighted by atomic mass is 10.3. The van der Waals surface area contributed by atoms with E-state index in [1.807, 2.05) is 26.4 Å². The van der Waals surface area contributed by atoms with Gasteiger partial charge >= 0.3 is 0 Å². The second kappa shape index (κ2) is 5.36. The summed E-state index contributed by atoms with van der Waals surface area (Å²) in [5.74, 6) is 0.0419. The fourth-order valence-electron chi connectivity index (χ4n) is 2.29. The Kier molecular flexibility index (Phi) is 3.56. The number of imidazole rings is 1. The molecule has 0 atom stereocenters. The Balaban J connectivity index is 1.56. The average Bonchev–Trinajstić information content (AvgIpc) is 3.05. The van der Waals surface area contributed by atoms with Crippen molar-refractivity contribution in [3.8, 4) is 0 Å². The number of nitrogens with zero attached hydrogens (tertiary/aromatic N) is 3. The molecule has 1 aliphatic rings. The lowest BCUT2D eigenvalue weighted by Crippen LogP contribution is -2.25. The summed E-state index contributed by atoms with van der Waals surface area (Å²) in [5, 5.41) is 3.98. The van der Waals surface area contributed by atoms with E-state index < -0.39 is 0 Å². The van der Waals surface area contributed by atoms with Crippen molar-refractivity contribution >= 4 is 17.2 Å². The van der Waals surface area contributed by atoms with Crippen molar-refractivity contribution in [2.45, 2.75) is 45.7 Å². The molecule has 2 heterocycles. The van der Waals surface area contributed by atoms with E-state index in [-0.39, 0.29) is 5.91 Å². The van der Waals surface area contributed by atoms with Gasteiger partial charge in [-0.05, 0) is 26.7 Å². The van der Waals surface area contributed by atoms with Gasteiger partial charge in [-0.3, -0.25) is 4.79 Å². The van der Waals surface area contributed by atoms with Gasteiger partial charge in [0.05, 0.1) is 35.7 Å². The molecule has 0 aliphatic heterocycles. The quantitative estimate of drug-likeness (QED) is 0.918. The first-order chi connectivity index (χ1) is 9.63. The van der Waals surface area contributed by atoms with E-state index in [2.05, 4.69) is 19.9 Å². The summed E-state index contributed by atoms with van der Waals surface area (Å²) in [7, 11) is 0. The highest BCUT2D eigenvalue weighted by molar-refractivity contribution is 7.11. The minimum absolute atomic E-state index is 0.0419. The maximum atomic E-state index is 12.0. The topological polar surface area (TPSA) is 59.8 Å². The highest BCUT2D eigenvalue weighted by atomic mass is 32.1. The van der Waals surface area contributed by atoms with Crippen LogP contribution in [-0.4, -0.2) is 20.4 Å². The molecule has 3 rings (SSSR count). The third-order valence-corrected chi connectivity index (χ3v) is 4.55. The minimum Gasteiger partial charge on any atom is -0.350 e. The standard InChI is InChI=1S/C14H18N4OS/c1-9-13(20-10(2)17-9)5-14(19)16-7-12-6-15-8-18(12)11-3-4-11/h6,8,11H,3-5,7H2,1-2H3,(H,16,19). The van der Waals surface area contributed by atoms with E-state index in [1.165, 1.54) is 12.8 Å². The van der Waals surface area contributed by atoms with Gasteiger partial charge in [0.1, 0.15) is 0 Å². The summed E-state index contributed by atoms with van der Waals surface area (Å²) < 4.78 is 2.17. The maximum absolute atomic E-state index is 12.0. The van der Waals surface area contributed by atoms with Crippen LogP contribution in [0.4, 0.5) is 0 Å². The Labute approximate surface area is 122 Å². The van der Waals surface area contributed by atoms with Crippen LogP contribution in [0.25, 0.3) is 0 Å². The fourth-order valence-corrected chi connectivity index (χ4v) is 3.22. The molecule has 0 radical (unpaired) electrons. The monoisotopic (exact) mass is 290 g/mol. The molecule has 1 saturated carbocycles. The van der Waals surface area contributed by atoms with Gasteiger partial charge in [-0.2, -0.15) is 0 Å². The van der Waals surface area contributed by atoms with Crippen molar-refractivity contribution in [3.05, 3.63) is 33.8 Å². The molecule has 1 amide bonds. The molecule has 2 aromatic heterocycles. The molecule has 2 aromatic rings. The molecule has 1 aliphatic carbocycles. The number of amides is 1. The van der Waals surface area contributed by atoms with Gasteiger partial charge < -0.3 is 9.88 Å². The predicted octanol–water partition coefficient (Wildman–Crippen LogP) is 2.15. The SMILES string of the molecule is Cc1nc(C)c(CC(=O)NCc2cncn2C2CC2)s1. The maximum Gasteiger partial charge on any atom is 0.225 e. The largest absolute Gasteiger partial charge is 0.350 e. The van der Waals surface area contributed by atoms with Crippen molar-refractivity contribution in [1.29, 1.82) is 0 Å². The molecule has 20 heavy (non-hydrogen) atoms. The van der Waals surface area contributed by atoms with Crippen LogP contribution in [0.15, 0.2) is 12.5 Å². The van der Waals surface area contributed by atoms with Crippen LogP contribution in [-0.2, 0) is 17.8 Å². The van der Waals surface area contributed by atoms with Crippen LogP contribution in [0.2, 0.25) is 0 Å². The zero-order valence-electron chi connectivity index (χ0n) is 11.7. The van der Waals surface area contributed by atoms with E-state index in [1.54, 1.807) is 11.3 Å². The smallest absolute Gasteiger partial charge is 0.225 e. The van der Waals surface area contributed by atoms with Gasteiger partial charge in [0.15, 0.2) is 0 Å². The number of carbonyl (C=O) groups is 1. The number of nitrogens with one attached hydrogen (secondary N) is 1. The molecule has 0 aromatic carbocycles. The number of thiazole rings is 1. The van der Waals surface area contributed by atoms with Crippen molar-refractivity contribution in [3.63, 3.8) is 0 Å². The van der Waals surface area contributed by atoms with Gasteiger partial charge in [-0.15, -0.1) is 11.3 Å². The summed E-state index contributed by atoms with van der Waals surface area (Å²) in [6.45, 7) is 4.47. The molecule has 0 saturated heterocycles. The van der Waals surface area contributed by atoms with Gasteiger partial charge in [-0.25, -0.2) is 9.97 Å². The molecular formula is C14H18N4OS.